The van der Waals surface area contributed by atoms with Gasteiger partial charge in [-0.05, 0) is 37.6 Å². The van der Waals surface area contributed by atoms with Crippen LogP contribution in [0.2, 0.25) is 0 Å². The number of nitrogen functional groups attached to an aromatic ring is 1. The lowest BCUT2D eigenvalue weighted by molar-refractivity contribution is 0.914. The first-order chi connectivity index (χ1) is 8.99. The molecule has 0 saturated carbocycles. The molecule has 0 heterocycles. The predicted octanol–water partition coefficient (Wildman–Crippen LogP) is 4.28. The minimum Gasteiger partial charge on any atom is -0.398 e. The second kappa shape index (κ2) is 5.66. The summed E-state index contributed by atoms with van der Waals surface area (Å²) >= 11 is 3.57. The van der Waals surface area contributed by atoms with Crippen LogP contribution >= 0.6 is 15.9 Å². The summed E-state index contributed by atoms with van der Waals surface area (Å²) in [5.74, 6) is 0. The van der Waals surface area contributed by atoms with Gasteiger partial charge >= 0.3 is 0 Å². The topological polar surface area (TPSA) is 29.3 Å². The third-order valence-corrected chi connectivity index (χ3v) is 4.06. The standard InChI is InChI=1S/C16H19BrN2/c1-11-7-8-16(12(2)9-11)19(3)10-13-14(17)5-4-6-15(13)18/h4-9H,10,18H2,1-3H3. The highest BCUT2D eigenvalue weighted by Gasteiger charge is 2.10. The first kappa shape index (κ1) is 13.9. The van der Waals surface area contributed by atoms with Crippen molar-refractivity contribution in [3.8, 4) is 0 Å². The van der Waals surface area contributed by atoms with Gasteiger partial charge in [-0.2, -0.15) is 0 Å². The van der Waals surface area contributed by atoms with Crippen molar-refractivity contribution in [1.29, 1.82) is 0 Å². The maximum atomic E-state index is 6.05. The number of aryl methyl sites for hydroxylation is 2. The zero-order valence-corrected chi connectivity index (χ0v) is 13.2. The molecule has 2 aromatic rings. The maximum absolute atomic E-state index is 6.05. The van der Waals surface area contributed by atoms with E-state index >= 15 is 0 Å². The average molecular weight is 319 g/mol. The molecule has 19 heavy (non-hydrogen) atoms. The lowest BCUT2D eigenvalue weighted by Crippen LogP contribution is -2.18. The molecule has 0 aliphatic heterocycles. The molecule has 0 amide bonds. The molecule has 0 aliphatic carbocycles. The van der Waals surface area contributed by atoms with E-state index in [-0.39, 0.29) is 0 Å². The number of nitrogens with two attached hydrogens (primary N) is 1. The van der Waals surface area contributed by atoms with Gasteiger partial charge in [0.1, 0.15) is 0 Å². The van der Waals surface area contributed by atoms with E-state index in [0.717, 1.165) is 22.3 Å². The largest absolute Gasteiger partial charge is 0.398 e. The molecule has 3 heteroatoms. The van der Waals surface area contributed by atoms with Crippen LogP contribution in [0, 0.1) is 13.8 Å². The van der Waals surface area contributed by atoms with E-state index in [4.69, 9.17) is 5.73 Å². The number of hydrogen-bond donors (Lipinski definition) is 1. The van der Waals surface area contributed by atoms with Crippen LogP contribution in [-0.4, -0.2) is 7.05 Å². The SMILES string of the molecule is Cc1ccc(N(C)Cc2c(N)cccc2Br)c(C)c1. The minimum atomic E-state index is 0.789. The Morgan fingerprint density at radius 2 is 1.89 bits per heavy atom. The van der Waals surface area contributed by atoms with Crippen LogP contribution in [-0.2, 0) is 6.54 Å². The normalized spacial score (nSPS) is 10.5. The van der Waals surface area contributed by atoms with Gasteiger partial charge in [-0.15, -0.1) is 0 Å². The van der Waals surface area contributed by atoms with Crippen LogP contribution in [0.3, 0.4) is 0 Å². The summed E-state index contributed by atoms with van der Waals surface area (Å²) < 4.78 is 1.06. The molecule has 2 rings (SSSR count). The van der Waals surface area contributed by atoms with Gasteiger partial charge in [0, 0.05) is 35.0 Å². The number of benzene rings is 2. The first-order valence-electron chi connectivity index (χ1n) is 6.30. The molecular weight excluding hydrogens is 300 g/mol. The van der Waals surface area contributed by atoms with Crippen LogP contribution in [0.1, 0.15) is 16.7 Å². The summed E-state index contributed by atoms with van der Waals surface area (Å²) in [6.45, 7) is 5.04. The highest BCUT2D eigenvalue weighted by Crippen LogP contribution is 2.27. The van der Waals surface area contributed by atoms with Crippen molar-refractivity contribution in [2.75, 3.05) is 17.7 Å². The third-order valence-electron chi connectivity index (χ3n) is 3.31. The lowest BCUT2D eigenvalue weighted by Gasteiger charge is -2.23. The molecule has 0 saturated heterocycles. The van der Waals surface area contributed by atoms with Crippen LogP contribution in [0.4, 0.5) is 11.4 Å². The summed E-state index contributed by atoms with van der Waals surface area (Å²) in [4.78, 5) is 2.23. The van der Waals surface area contributed by atoms with Crippen molar-refractivity contribution in [2.24, 2.45) is 0 Å². The first-order valence-corrected chi connectivity index (χ1v) is 7.09. The Hall–Kier alpha value is -1.48. The lowest BCUT2D eigenvalue weighted by atomic mass is 10.1. The Kier molecular flexibility index (Phi) is 4.15. The minimum absolute atomic E-state index is 0.789. The van der Waals surface area contributed by atoms with Gasteiger partial charge < -0.3 is 10.6 Å². The molecule has 0 fully saturated rings. The van der Waals surface area contributed by atoms with E-state index in [2.05, 4.69) is 59.9 Å². The Morgan fingerprint density at radius 1 is 1.16 bits per heavy atom. The van der Waals surface area contributed by atoms with Crippen molar-refractivity contribution >= 4 is 27.3 Å². The second-order valence-corrected chi connectivity index (χ2v) is 5.81. The van der Waals surface area contributed by atoms with E-state index < -0.39 is 0 Å². The van der Waals surface area contributed by atoms with Gasteiger partial charge in [-0.1, -0.05) is 39.7 Å². The Balaban J connectivity index is 2.28. The summed E-state index contributed by atoms with van der Waals surface area (Å²) in [5.41, 5.74) is 11.8. The van der Waals surface area contributed by atoms with Gasteiger partial charge in [-0.25, -0.2) is 0 Å². The van der Waals surface area contributed by atoms with E-state index in [1.165, 1.54) is 16.8 Å². The molecular formula is C16H19BrN2. The highest BCUT2D eigenvalue weighted by molar-refractivity contribution is 9.10. The second-order valence-electron chi connectivity index (χ2n) is 4.95. The fourth-order valence-corrected chi connectivity index (χ4v) is 2.81. The summed E-state index contributed by atoms with van der Waals surface area (Å²) in [6, 6.07) is 12.4. The Bertz CT molecular complexity index is 573. The summed E-state index contributed by atoms with van der Waals surface area (Å²) in [6.07, 6.45) is 0. The molecule has 100 valence electrons. The molecule has 2 N–H and O–H groups in total. The van der Waals surface area contributed by atoms with Gasteiger partial charge in [0.2, 0.25) is 0 Å². The number of hydrogen-bond acceptors (Lipinski definition) is 2. The molecule has 0 aromatic heterocycles. The van der Waals surface area contributed by atoms with Crippen molar-refractivity contribution < 1.29 is 0 Å². The van der Waals surface area contributed by atoms with Crippen molar-refractivity contribution in [2.45, 2.75) is 20.4 Å². The van der Waals surface area contributed by atoms with Crippen molar-refractivity contribution in [1.82, 2.24) is 0 Å². The molecule has 0 unspecified atom stereocenters. The molecule has 0 spiro atoms. The van der Waals surface area contributed by atoms with Crippen LogP contribution < -0.4 is 10.6 Å². The van der Waals surface area contributed by atoms with Crippen LogP contribution in [0.15, 0.2) is 40.9 Å². The quantitative estimate of drug-likeness (QED) is 0.856. The number of rotatable bonds is 3. The number of nitrogens with zero attached hydrogens (tertiary/aromatic N) is 1. The fraction of sp³-hybridized carbons (Fsp3) is 0.250. The monoisotopic (exact) mass is 318 g/mol. The summed E-state index contributed by atoms with van der Waals surface area (Å²) in [7, 11) is 2.09. The van der Waals surface area contributed by atoms with E-state index in [1.54, 1.807) is 0 Å². The predicted molar refractivity (Wildman–Crippen MR) is 86.6 cm³/mol. The van der Waals surface area contributed by atoms with Crippen LogP contribution in [0.25, 0.3) is 0 Å². The maximum Gasteiger partial charge on any atom is 0.0457 e. The average Bonchev–Trinajstić information content (AvgIpc) is 2.33. The van der Waals surface area contributed by atoms with Gasteiger partial charge in [0.05, 0.1) is 0 Å². The molecule has 2 aromatic carbocycles. The van der Waals surface area contributed by atoms with E-state index in [9.17, 15) is 0 Å². The van der Waals surface area contributed by atoms with Crippen molar-refractivity contribution in [3.05, 3.63) is 57.6 Å². The highest BCUT2D eigenvalue weighted by atomic mass is 79.9. The number of halogens is 1. The Labute approximate surface area is 123 Å². The fourth-order valence-electron chi connectivity index (χ4n) is 2.30. The zero-order valence-electron chi connectivity index (χ0n) is 11.6. The van der Waals surface area contributed by atoms with Crippen molar-refractivity contribution in [3.63, 3.8) is 0 Å². The number of anilines is 2. The molecule has 0 radical (unpaired) electrons. The smallest absolute Gasteiger partial charge is 0.0457 e. The molecule has 0 atom stereocenters. The van der Waals surface area contributed by atoms with Gasteiger partial charge in [0.15, 0.2) is 0 Å². The third kappa shape index (κ3) is 3.10. The van der Waals surface area contributed by atoms with Gasteiger partial charge in [0.25, 0.3) is 0 Å². The van der Waals surface area contributed by atoms with Gasteiger partial charge in [-0.3, -0.25) is 0 Å². The summed E-state index contributed by atoms with van der Waals surface area (Å²) in [5, 5.41) is 0. The molecule has 2 nitrogen and oxygen atoms in total. The van der Waals surface area contributed by atoms with E-state index in [0.29, 0.717) is 0 Å². The molecule has 0 aliphatic rings. The molecule has 0 bridgehead atoms. The Morgan fingerprint density at radius 3 is 2.53 bits per heavy atom. The zero-order chi connectivity index (χ0) is 14.0. The van der Waals surface area contributed by atoms with Crippen LogP contribution in [0.5, 0.6) is 0 Å². The van der Waals surface area contributed by atoms with E-state index in [1.807, 2.05) is 18.2 Å².